The summed E-state index contributed by atoms with van der Waals surface area (Å²) >= 11 is 1.19. The predicted octanol–water partition coefficient (Wildman–Crippen LogP) is 3.38. The molecule has 8 N–H and O–H groups in total. The van der Waals surface area contributed by atoms with E-state index in [4.69, 9.17) is 17.2 Å². The van der Waals surface area contributed by atoms with Crippen LogP contribution in [0.2, 0.25) is 0 Å². The Balaban J connectivity index is 1.81. The minimum absolute atomic E-state index is 0.0181. The summed E-state index contributed by atoms with van der Waals surface area (Å²) in [6.45, 7) is 0. The molecule has 3 amide bonds. The van der Waals surface area contributed by atoms with Crippen LogP contribution in [-0.2, 0) is 4.79 Å². The van der Waals surface area contributed by atoms with Gasteiger partial charge in [-0.1, -0.05) is 43.2 Å². The number of nitrogens with two attached hydrogens (primary N) is 3. The van der Waals surface area contributed by atoms with E-state index in [9.17, 15) is 19.5 Å². The molecule has 1 aromatic heterocycles. The van der Waals surface area contributed by atoms with Crippen molar-refractivity contribution in [2.45, 2.75) is 37.6 Å². The molecule has 1 aliphatic rings. The molecule has 1 saturated carbocycles. The number of carbonyl (C=O) groups excluding carboxylic acids is 2. The van der Waals surface area contributed by atoms with Crippen LogP contribution in [0.15, 0.2) is 36.4 Å². The molecule has 31 heavy (non-hydrogen) atoms. The quantitative estimate of drug-likeness (QED) is 0.423. The van der Waals surface area contributed by atoms with Gasteiger partial charge in [0.15, 0.2) is 0 Å². The highest BCUT2D eigenvalue weighted by atomic mass is 32.1. The van der Waals surface area contributed by atoms with Gasteiger partial charge in [0.25, 0.3) is 5.91 Å². The summed E-state index contributed by atoms with van der Waals surface area (Å²) in [5.41, 5.74) is 17.4. The molecule has 3 rings (SSSR count). The van der Waals surface area contributed by atoms with Crippen LogP contribution in [0.5, 0.6) is 0 Å². The number of nitrogens with one attached hydrogen (secondary N) is 1. The van der Waals surface area contributed by atoms with Gasteiger partial charge in [-0.3, -0.25) is 14.9 Å². The number of rotatable bonds is 8. The van der Waals surface area contributed by atoms with E-state index in [0.717, 1.165) is 41.7 Å². The first kappa shape index (κ1) is 22.5. The summed E-state index contributed by atoms with van der Waals surface area (Å²) in [5, 5.41) is 12.4. The van der Waals surface area contributed by atoms with Crippen LogP contribution in [0, 0.1) is 5.92 Å². The molecule has 0 saturated heterocycles. The summed E-state index contributed by atoms with van der Waals surface area (Å²) < 4.78 is 0. The monoisotopic (exact) mass is 442 g/mol. The second kappa shape index (κ2) is 9.32. The number of carboxylic acid groups (broad SMARTS) is 1. The first-order chi connectivity index (χ1) is 14.7. The highest BCUT2D eigenvalue weighted by molar-refractivity contribution is 7.20. The minimum atomic E-state index is -1.26. The van der Waals surface area contributed by atoms with E-state index in [0.29, 0.717) is 5.00 Å². The van der Waals surface area contributed by atoms with Gasteiger partial charge in [-0.25, -0.2) is 4.79 Å². The SMILES string of the molecule is NC(=O)Nc1sc(-c2cccc(C=CC[C@@](N)(C(=O)O)C3CCCC3)c2)cc1C(N)=O. The van der Waals surface area contributed by atoms with Crippen molar-refractivity contribution in [1.29, 1.82) is 0 Å². The number of urea groups is 1. The van der Waals surface area contributed by atoms with Crippen molar-refractivity contribution in [3.63, 3.8) is 0 Å². The molecule has 0 spiro atoms. The lowest BCUT2D eigenvalue weighted by Gasteiger charge is -2.30. The first-order valence-corrected chi connectivity index (χ1v) is 10.8. The van der Waals surface area contributed by atoms with E-state index >= 15 is 0 Å². The van der Waals surface area contributed by atoms with Crippen molar-refractivity contribution in [3.05, 3.63) is 47.5 Å². The fourth-order valence-electron chi connectivity index (χ4n) is 3.98. The standard InChI is InChI=1S/C22H26N4O4S/c23-18(27)16-12-17(31-19(16)26-21(24)30)14-7-3-5-13(11-14)6-4-10-22(25,20(28)29)15-8-1-2-9-15/h3-7,11-12,15H,1-2,8-10,25H2,(H2,23,27)(H,28,29)(H3,24,26,30)/t22-/m0/s1. The van der Waals surface area contributed by atoms with E-state index < -0.39 is 23.4 Å². The number of hydrogen-bond donors (Lipinski definition) is 5. The molecule has 0 aliphatic heterocycles. The third-order valence-electron chi connectivity index (χ3n) is 5.65. The Morgan fingerprint density at radius 2 is 1.90 bits per heavy atom. The predicted molar refractivity (Wildman–Crippen MR) is 122 cm³/mol. The molecule has 1 aliphatic carbocycles. The van der Waals surface area contributed by atoms with Crippen LogP contribution >= 0.6 is 11.3 Å². The van der Waals surface area contributed by atoms with E-state index in [1.165, 1.54) is 11.3 Å². The molecule has 0 radical (unpaired) electrons. The van der Waals surface area contributed by atoms with Gasteiger partial charge in [-0.05, 0) is 48.4 Å². The van der Waals surface area contributed by atoms with Crippen LogP contribution < -0.4 is 22.5 Å². The summed E-state index contributed by atoms with van der Waals surface area (Å²) in [4.78, 5) is 35.4. The zero-order chi connectivity index (χ0) is 22.6. The van der Waals surface area contributed by atoms with Gasteiger partial charge in [0.2, 0.25) is 0 Å². The lowest BCUT2D eigenvalue weighted by Crippen LogP contribution is -2.53. The van der Waals surface area contributed by atoms with Crippen molar-refractivity contribution in [3.8, 4) is 10.4 Å². The van der Waals surface area contributed by atoms with Gasteiger partial charge in [-0.2, -0.15) is 0 Å². The smallest absolute Gasteiger partial charge is 0.324 e. The van der Waals surface area contributed by atoms with E-state index in [-0.39, 0.29) is 17.9 Å². The van der Waals surface area contributed by atoms with Gasteiger partial charge in [-0.15, -0.1) is 11.3 Å². The Morgan fingerprint density at radius 3 is 2.52 bits per heavy atom. The number of primary amides is 2. The Morgan fingerprint density at radius 1 is 1.19 bits per heavy atom. The van der Waals surface area contributed by atoms with Gasteiger partial charge in [0.05, 0.1) is 5.56 Å². The van der Waals surface area contributed by atoms with Gasteiger partial charge in [0, 0.05) is 4.88 Å². The van der Waals surface area contributed by atoms with Gasteiger partial charge in [0.1, 0.15) is 10.5 Å². The maximum Gasteiger partial charge on any atom is 0.324 e. The Labute approximate surface area is 184 Å². The molecular weight excluding hydrogens is 416 g/mol. The number of amides is 3. The van der Waals surface area contributed by atoms with E-state index in [1.807, 2.05) is 30.3 Å². The topological polar surface area (TPSA) is 162 Å². The summed E-state index contributed by atoms with van der Waals surface area (Å²) in [6, 6.07) is 8.33. The maximum atomic E-state index is 11.8. The Bertz CT molecular complexity index is 1030. The first-order valence-electron chi connectivity index (χ1n) is 10.00. The number of carbonyl (C=O) groups is 3. The largest absolute Gasteiger partial charge is 0.480 e. The van der Waals surface area contributed by atoms with Crippen molar-refractivity contribution >= 4 is 40.3 Å². The van der Waals surface area contributed by atoms with E-state index in [2.05, 4.69) is 5.32 Å². The minimum Gasteiger partial charge on any atom is -0.480 e. The molecule has 1 heterocycles. The van der Waals surface area contributed by atoms with Crippen molar-refractivity contribution in [1.82, 2.24) is 0 Å². The zero-order valence-corrected chi connectivity index (χ0v) is 17.8. The number of aliphatic carboxylic acids is 1. The second-order valence-electron chi connectivity index (χ2n) is 7.77. The van der Waals surface area contributed by atoms with Gasteiger partial charge >= 0.3 is 12.0 Å². The van der Waals surface area contributed by atoms with Crippen LogP contribution in [0.1, 0.15) is 48.0 Å². The van der Waals surface area contributed by atoms with Crippen LogP contribution in [0.25, 0.3) is 16.5 Å². The summed E-state index contributed by atoms with van der Waals surface area (Å²) in [5.74, 6) is -1.65. The molecular formula is C22H26N4O4S. The molecule has 2 aromatic rings. The molecule has 0 bridgehead atoms. The Kier molecular flexibility index (Phi) is 6.77. The molecule has 1 atom stereocenters. The lowest BCUT2D eigenvalue weighted by atomic mass is 9.80. The summed E-state index contributed by atoms with van der Waals surface area (Å²) in [7, 11) is 0. The van der Waals surface area contributed by atoms with Crippen LogP contribution in [0.4, 0.5) is 9.80 Å². The number of thiophene rings is 1. The fourth-order valence-corrected chi connectivity index (χ4v) is 5.04. The third kappa shape index (κ3) is 5.12. The van der Waals surface area contributed by atoms with E-state index in [1.54, 1.807) is 12.1 Å². The molecule has 9 heteroatoms. The van der Waals surface area contributed by atoms with Crippen LogP contribution in [0.3, 0.4) is 0 Å². The zero-order valence-electron chi connectivity index (χ0n) is 17.0. The highest BCUT2D eigenvalue weighted by Crippen LogP contribution is 2.37. The average Bonchev–Trinajstić information content (AvgIpc) is 3.38. The van der Waals surface area contributed by atoms with Crippen molar-refractivity contribution in [2.75, 3.05) is 5.32 Å². The second-order valence-corrected chi connectivity index (χ2v) is 8.82. The lowest BCUT2D eigenvalue weighted by molar-refractivity contribution is -0.145. The average molecular weight is 443 g/mol. The van der Waals surface area contributed by atoms with Gasteiger partial charge < -0.3 is 22.3 Å². The molecule has 1 fully saturated rings. The molecule has 164 valence electrons. The number of carboxylic acids is 1. The molecule has 1 aromatic carbocycles. The molecule has 8 nitrogen and oxygen atoms in total. The fraction of sp³-hybridized carbons (Fsp3) is 0.318. The number of hydrogen-bond acceptors (Lipinski definition) is 5. The Hall–Kier alpha value is -3.17. The number of anilines is 1. The van der Waals surface area contributed by atoms with Crippen molar-refractivity contribution in [2.24, 2.45) is 23.1 Å². The van der Waals surface area contributed by atoms with Crippen LogP contribution in [-0.4, -0.2) is 28.6 Å². The normalized spacial score (nSPS) is 16.3. The molecule has 0 unspecified atom stereocenters. The summed E-state index contributed by atoms with van der Waals surface area (Å²) in [6.07, 6.45) is 7.60. The third-order valence-corrected chi connectivity index (χ3v) is 6.75. The number of benzene rings is 1. The van der Waals surface area contributed by atoms with Crippen molar-refractivity contribution < 1.29 is 19.5 Å². The highest BCUT2D eigenvalue weighted by Gasteiger charge is 2.42. The maximum absolute atomic E-state index is 11.8.